The van der Waals surface area contributed by atoms with Crippen LogP contribution in [0.4, 0.5) is 0 Å². The fourth-order valence-electron chi connectivity index (χ4n) is 1.25. The molecule has 2 rings (SSSR count). The highest BCUT2D eigenvalue weighted by Gasteiger charge is 1.98. The molecule has 1 heterocycles. The van der Waals surface area contributed by atoms with Crippen molar-refractivity contribution in [2.75, 3.05) is 5.33 Å². The molecule has 1 aromatic heterocycles. The molecule has 0 fully saturated rings. The molecule has 72 valence electrons. The predicted octanol–water partition coefficient (Wildman–Crippen LogP) is 3.00. The van der Waals surface area contributed by atoms with Crippen LogP contribution < -0.4 is 4.87 Å². The summed E-state index contributed by atoms with van der Waals surface area (Å²) in [6.45, 7) is 0. The third kappa shape index (κ3) is 1.96. The van der Waals surface area contributed by atoms with Crippen LogP contribution in [0.15, 0.2) is 29.1 Å². The van der Waals surface area contributed by atoms with Crippen LogP contribution in [-0.2, 0) is 0 Å². The summed E-state index contributed by atoms with van der Waals surface area (Å²) in [4.78, 5) is 13.8. The molecule has 0 unspecified atom stereocenters. The number of alkyl halides is 1. The maximum atomic E-state index is 11.1. The normalized spacial score (nSPS) is 11.5. The second kappa shape index (κ2) is 4.11. The first-order valence-corrected chi connectivity index (χ1v) is 6.09. The van der Waals surface area contributed by atoms with Gasteiger partial charge >= 0.3 is 4.87 Å². The Bertz CT molecular complexity index is 526. The first-order valence-electron chi connectivity index (χ1n) is 4.15. The molecule has 2 nitrogen and oxygen atoms in total. The molecule has 0 saturated carbocycles. The highest BCUT2D eigenvalue weighted by atomic mass is 79.9. The second-order valence-electron chi connectivity index (χ2n) is 2.83. The number of benzene rings is 1. The van der Waals surface area contributed by atoms with E-state index in [-0.39, 0.29) is 4.87 Å². The van der Waals surface area contributed by atoms with Gasteiger partial charge in [0, 0.05) is 5.33 Å². The van der Waals surface area contributed by atoms with Gasteiger partial charge in [0.1, 0.15) is 0 Å². The van der Waals surface area contributed by atoms with Crippen LogP contribution in [0.25, 0.3) is 16.3 Å². The zero-order chi connectivity index (χ0) is 9.97. The lowest BCUT2D eigenvalue weighted by Gasteiger charge is -1.92. The lowest BCUT2D eigenvalue weighted by molar-refractivity contribution is 1.41. The molecule has 14 heavy (non-hydrogen) atoms. The fraction of sp³-hybridized carbons (Fsp3) is 0.100. The highest BCUT2D eigenvalue weighted by Crippen LogP contribution is 2.17. The molecule has 4 heteroatoms. The van der Waals surface area contributed by atoms with Crippen molar-refractivity contribution >= 4 is 43.6 Å². The predicted molar refractivity (Wildman–Crippen MR) is 65.3 cm³/mol. The molecule has 0 spiro atoms. The summed E-state index contributed by atoms with van der Waals surface area (Å²) in [6.07, 6.45) is 4.05. The lowest BCUT2D eigenvalue weighted by Crippen LogP contribution is -1.89. The molecular weight excluding hydrogens is 262 g/mol. The number of aromatic amines is 1. The minimum Gasteiger partial charge on any atom is -0.312 e. The monoisotopic (exact) mass is 269 g/mol. The van der Waals surface area contributed by atoms with Crippen molar-refractivity contribution in [2.45, 2.75) is 0 Å². The van der Waals surface area contributed by atoms with Crippen molar-refractivity contribution in [3.63, 3.8) is 0 Å². The summed E-state index contributed by atoms with van der Waals surface area (Å²) in [5.41, 5.74) is 2.03. The zero-order valence-corrected chi connectivity index (χ0v) is 9.69. The third-order valence-corrected chi connectivity index (χ3v) is 3.06. The minimum absolute atomic E-state index is 0.00150. The Morgan fingerprint density at radius 1 is 1.50 bits per heavy atom. The standard InChI is InChI=1S/C10H8BrNOS/c11-5-1-2-7-3-4-8-9(6-7)14-10(13)12-8/h1-4,6H,5H2,(H,12,13). The number of aromatic nitrogens is 1. The Labute approximate surface area is 93.4 Å². The first kappa shape index (κ1) is 9.68. The summed E-state index contributed by atoms with van der Waals surface area (Å²) in [5.74, 6) is 0. The van der Waals surface area contributed by atoms with Crippen molar-refractivity contribution in [3.8, 4) is 0 Å². The van der Waals surface area contributed by atoms with Gasteiger partial charge in [-0.2, -0.15) is 0 Å². The Morgan fingerprint density at radius 3 is 3.14 bits per heavy atom. The number of nitrogens with one attached hydrogen (secondary N) is 1. The Hall–Kier alpha value is -0.870. The number of allylic oxidation sites excluding steroid dienone is 1. The number of thiazole rings is 1. The second-order valence-corrected chi connectivity index (χ2v) is 4.49. The van der Waals surface area contributed by atoms with Gasteiger partial charge in [0.05, 0.1) is 10.2 Å². The van der Waals surface area contributed by atoms with E-state index in [1.54, 1.807) is 0 Å². The molecule has 0 amide bonds. The van der Waals surface area contributed by atoms with Gasteiger partial charge in [0.15, 0.2) is 0 Å². The molecule has 1 aromatic carbocycles. The quantitative estimate of drug-likeness (QED) is 0.836. The van der Waals surface area contributed by atoms with E-state index in [9.17, 15) is 4.79 Å². The number of rotatable bonds is 2. The van der Waals surface area contributed by atoms with Crippen LogP contribution in [0.3, 0.4) is 0 Å². The molecular formula is C10H8BrNOS. The van der Waals surface area contributed by atoms with Crippen molar-refractivity contribution < 1.29 is 0 Å². The number of halogens is 1. The van der Waals surface area contributed by atoms with E-state index in [1.807, 2.05) is 30.4 Å². The van der Waals surface area contributed by atoms with Crippen LogP contribution in [-0.4, -0.2) is 10.3 Å². The zero-order valence-electron chi connectivity index (χ0n) is 7.29. The molecule has 0 aliphatic rings. The average Bonchev–Trinajstić information content (AvgIpc) is 2.54. The van der Waals surface area contributed by atoms with Crippen molar-refractivity contribution in [2.24, 2.45) is 0 Å². The molecule has 0 aliphatic carbocycles. The maximum absolute atomic E-state index is 11.1. The number of hydrogen-bond donors (Lipinski definition) is 1. The van der Waals surface area contributed by atoms with Crippen molar-refractivity contribution in [1.29, 1.82) is 0 Å². The largest absolute Gasteiger partial charge is 0.312 e. The van der Waals surface area contributed by atoms with E-state index in [0.717, 1.165) is 21.1 Å². The molecule has 0 atom stereocenters. The smallest absolute Gasteiger partial charge is 0.305 e. The fourth-order valence-corrected chi connectivity index (χ4v) is 2.22. The Kier molecular flexibility index (Phi) is 2.84. The van der Waals surface area contributed by atoms with E-state index in [4.69, 9.17) is 0 Å². The van der Waals surface area contributed by atoms with Gasteiger partial charge in [-0.15, -0.1) is 0 Å². The van der Waals surface area contributed by atoms with Gasteiger partial charge in [-0.25, -0.2) is 0 Å². The topological polar surface area (TPSA) is 32.9 Å². The number of fused-ring (bicyclic) bond motifs is 1. The number of hydrogen-bond acceptors (Lipinski definition) is 2. The van der Waals surface area contributed by atoms with E-state index in [1.165, 1.54) is 11.3 Å². The van der Waals surface area contributed by atoms with Crippen LogP contribution in [0.5, 0.6) is 0 Å². The van der Waals surface area contributed by atoms with Crippen LogP contribution >= 0.6 is 27.3 Å². The first-order chi connectivity index (χ1) is 6.79. The van der Waals surface area contributed by atoms with Gasteiger partial charge in [-0.1, -0.05) is 45.5 Å². The SMILES string of the molecule is O=c1[nH]c2ccc(C=CCBr)cc2s1. The summed E-state index contributed by atoms with van der Waals surface area (Å²) in [7, 11) is 0. The van der Waals surface area contributed by atoms with Crippen molar-refractivity contribution in [1.82, 2.24) is 4.98 Å². The molecule has 1 N–H and O–H groups in total. The molecule has 2 aromatic rings. The van der Waals surface area contributed by atoms with Gasteiger partial charge in [-0.3, -0.25) is 4.79 Å². The maximum Gasteiger partial charge on any atom is 0.305 e. The van der Waals surface area contributed by atoms with Crippen LogP contribution in [0.1, 0.15) is 5.56 Å². The Balaban J connectivity index is 2.50. The summed E-state index contributed by atoms with van der Waals surface area (Å²) >= 11 is 4.56. The highest BCUT2D eigenvalue weighted by molar-refractivity contribution is 9.09. The van der Waals surface area contributed by atoms with Gasteiger partial charge in [0.25, 0.3) is 0 Å². The summed E-state index contributed by atoms with van der Waals surface area (Å²) in [6, 6.07) is 5.93. The van der Waals surface area contributed by atoms with Gasteiger partial charge in [0.2, 0.25) is 0 Å². The van der Waals surface area contributed by atoms with Crippen molar-refractivity contribution in [3.05, 3.63) is 39.5 Å². The number of H-pyrrole nitrogens is 1. The molecule has 0 bridgehead atoms. The molecule has 0 aliphatic heterocycles. The van der Waals surface area contributed by atoms with Gasteiger partial charge in [-0.05, 0) is 17.7 Å². The lowest BCUT2D eigenvalue weighted by atomic mass is 10.2. The average molecular weight is 270 g/mol. The van der Waals surface area contributed by atoms with E-state index >= 15 is 0 Å². The van der Waals surface area contributed by atoms with E-state index in [2.05, 4.69) is 20.9 Å². The summed E-state index contributed by atoms with van der Waals surface area (Å²) in [5, 5.41) is 0.842. The minimum atomic E-state index is 0.00150. The van der Waals surface area contributed by atoms with E-state index in [0.29, 0.717) is 0 Å². The van der Waals surface area contributed by atoms with Crippen LogP contribution in [0, 0.1) is 0 Å². The van der Waals surface area contributed by atoms with E-state index < -0.39 is 0 Å². The third-order valence-electron chi connectivity index (χ3n) is 1.84. The molecule has 0 saturated heterocycles. The Morgan fingerprint density at radius 2 is 2.36 bits per heavy atom. The van der Waals surface area contributed by atoms with Crippen LogP contribution in [0.2, 0.25) is 0 Å². The summed E-state index contributed by atoms with van der Waals surface area (Å²) < 4.78 is 1.01. The van der Waals surface area contributed by atoms with Gasteiger partial charge < -0.3 is 4.98 Å². The molecule has 0 radical (unpaired) electrons.